The van der Waals surface area contributed by atoms with Crippen molar-refractivity contribution in [1.82, 2.24) is 9.78 Å². The van der Waals surface area contributed by atoms with E-state index in [2.05, 4.69) is 5.10 Å². The van der Waals surface area contributed by atoms with Crippen molar-refractivity contribution in [1.29, 1.82) is 0 Å². The van der Waals surface area contributed by atoms with Gasteiger partial charge in [0.2, 0.25) is 0 Å². The van der Waals surface area contributed by atoms with E-state index in [-0.39, 0.29) is 0 Å². The number of rotatable bonds is 5. The van der Waals surface area contributed by atoms with Crippen LogP contribution in [0.1, 0.15) is 17.3 Å². The van der Waals surface area contributed by atoms with Gasteiger partial charge in [0.05, 0.1) is 19.8 Å². The summed E-state index contributed by atoms with van der Waals surface area (Å²) in [6.45, 7) is 2.67. The zero-order chi connectivity index (χ0) is 13.8. The van der Waals surface area contributed by atoms with Crippen LogP contribution < -0.4 is 9.47 Å². The van der Waals surface area contributed by atoms with Gasteiger partial charge in [-0.25, -0.2) is 0 Å². The molecule has 1 heterocycles. The van der Waals surface area contributed by atoms with Crippen molar-refractivity contribution >= 4 is 6.29 Å². The van der Waals surface area contributed by atoms with Crippen molar-refractivity contribution in [2.45, 2.75) is 13.5 Å². The third-order valence-corrected chi connectivity index (χ3v) is 2.90. The van der Waals surface area contributed by atoms with E-state index in [4.69, 9.17) is 9.47 Å². The molecule has 0 aliphatic carbocycles. The van der Waals surface area contributed by atoms with E-state index in [1.165, 1.54) is 0 Å². The van der Waals surface area contributed by atoms with Crippen LogP contribution in [0.15, 0.2) is 24.4 Å². The minimum absolute atomic E-state index is 0.536. The predicted octanol–water partition coefficient (Wildman–Crippen LogP) is 2.40. The zero-order valence-corrected chi connectivity index (χ0v) is 11.2. The van der Waals surface area contributed by atoms with Crippen molar-refractivity contribution in [2.75, 3.05) is 14.2 Å². The summed E-state index contributed by atoms with van der Waals surface area (Å²) in [6, 6.07) is 5.42. The normalized spacial score (nSPS) is 10.3. The van der Waals surface area contributed by atoms with Gasteiger partial charge in [0.25, 0.3) is 0 Å². The maximum Gasteiger partial charge on any atom is 0.153 e. The summed E-state index contributed by atoms with van der Waals surface area (Å²) in [6.07, 6.45) is 2.52. The van der Waals surface area contributed by atoms with E-state index in [1.54, 1.807) is 37.2 Å². The fourth-order valence-electron chi connectivity index (χ4n) is 1.89. The van der Waals surface area contributed by atoms with Gasteiger partial charge < -0.3 is 9.47 Å². The van der Waals surface area contributed by atoms with Crippen molar-refractivity contribution in [3.8, 4) is 22.8 Å². The van der Waals surface area contributed by atoms with Crippen LogP contribution in [0.2, 0.25) is 0 Å². The molecule has 1 aromatic carbocycles. The highest BCUT2D eigenvalue weighted by Crippen LogP contribution is 2.33. The van der Waals surface area contributed by atoms with Gasteiger partial charge in [0.15, 0.2) is 6.29 Å². The molecule has 100 valence electrons. The number of methoxy groups -OCH3 is 2. The molecule has 0 N–H and O–H groups in total. The lowest BCUT2D eigenvalue weighted by Gasteiger charge is -2.09. The fraction of sp³-hybridized carbons (Fsp3) is 0.286. The molecule has 0 aliphatic heterocycles. The van der Waals surface area contributed by atoms with Gasteiger partial charge in [-0.3, -0.25) is 9.48 Å². The maximum absolute atomic E-state index is 11.2. The quantitative estimate of drug-likeness (QED) is 0.775. The monoisotopic (exact) mass is 260 g/mol. The Bertz CT molecular complexity index is 590. The first-order valence-corrected chi connectivity index (χ1v) is 5.98. The SMILES string of the molecule is CCn1cc(C=O)c(-c2cc(OC)ccc2OC)n1. The van der Waals surface area contributed by atoms with E-state index in [0.29, 0.717) is 29.3 Å². The summed E-state index contributed by atoms with van der Waals surface area (Å²) in [5, 5.41) is 4.40. The van der Waals surface area contributed by atoms with E-state index in [9.17, 15) is 4.79 Å². The molecule has 2 rings (SSSR count). The average Bonchev–Trinajstić information content (AvgIpc) is 2.89. The van der Waals surface area contributed by atoms with Crippen molar-refractivity contribution < 1.29 is 14.3 Å². The Labute approximate surface area is 111 Å². The van der Waals surface area contributed by atoms with E-state index in [1.807, 2.05) is 13.0 Å². The first-order chi connectivity index (χ1) is 9.23. The molecule has 0 atom stereocenters. The number of hydrogen-bond donors (Lipinski definition) is 0. The van der Waals surface area contributed by atoms with Gasteiger partial charge in [0.1, 0.15) is 17.2 Å². The molecule has 5 heteroatoms. The first-order valence-electron chi connectivity index (χ1n) is 5.98. The van der Waals surface area contributed by atoms with Crippen LogP contribution in [0.4, 0.5) is 0 Å². The lowest BCUT2D eigenvalue weighted by atomic mass is 10.1. The molecule has 0 aliphatic rings. The molecule has 19 heavy (non-hydrogen) atoms. The van der Waals surface area contributed by atoms with Crippen LogP contribution in [0.25, 0.3) is 11.3 Å². The number of carbonyl (C=O) groups is 1. The topological polar surface area (TPSA) is 53.4 Å². The van der Waals surface area contributed by atoms with Crippen LogP contribution in [0, 0.1) is 0 Å². The van der Waals surface area contributed by atoms with Crippen LogP contribution >= 0.6 is 0 Å². The highest BCUT2D eigenvalue weighted by molar-refractivity contribution is 5.87. The minimum atomic E-state index is 0.536. The number of aromatic nitrogens is 2. The summed E-state index contributed by atoms with van der Waals surface area (Å²) in [4.78, 5) is 11.2. The van der Waals surface area contributed by atoms with Gasteiger partial charge >= 0.3 is 0 Å². The number of carbonyl (C=O) groups excluding carboxylic acids is 1. The first kappa shape index (κ1) is 13.1. The Kier molecular flexibility index (Phi) is 3.85. The van der Waals surface area contributed by atoms with Gasteiger partial charge in [-0.15, -0.1) is 0 Å². The summed E-state index contributed by atoms with van der Waals surface area (Å²) in [5.41, 5.74) is 1.89. The molecule has 0 saturated carbocycles. The van der Waals surface area contributed by atoms with E-state index >= 15 is 0 Å². The molecule has 0 saturated heterocycles. The minimum Gasteiger partial charge on any atom is -0.497 e. The molecule has 0 radical (unpaired) electrons. The van der Waals surface area contributed by atoms with Crippen molar-refractivity contribution in [3.63, 3.8) is 0 Å². The molecule has 0 unspecified atom stereocenters. The molecule has 0 fully saturated rings. The standard InChI is InChI=1S/C14H16N2O3/c1-4-16-8-10(9-17)14(15-16)12-7-11(18-2)5-6-13(12)19-3/h5-9H,4H2,1-3H3. The molecular weight excluding hydrogens is 244 g/mol. The third-order valence-electron chi connectivity index (χ3n) is 2.90. The fourth-order valence-corrected chi connectivity index (χ4v) is 1.89. The van der Waals surface area contributed by atoms with Gasteiger partial charge in [-0.1, -0.05) is 0 Å². The predicted molar refractivity (Wildman–Crippen MR) is 71.8 cm³/mol. The third kappa shape index (κ3) is 2.45. The molecule has 0 bridgehead atoms. The Morgan fingerprint density at radius 1 is 1.32 bits per heavy atom. The van der Waals surface area contributed by atoms with Gasteiger partial charge in [-0.2, -0.15) is 5.10 Å². The second-order valence-corrected chi connectivity index (χ2v) is 3.97. The highest BCUT2D eigenvalue weighted by Gasteiger charge is 2.15. The summed E-state index contributed by atoms with van der Waals surface area (Å²) in [7, 11) is 3.18. The van der Waals surface area contributed by atoms with Crippen LogP contribution in [-0.2, 0) is 6.54 Å². The van der Waals surface area contributed by atoms with E-state index < -0.39 is 0 Å². The highest BCUT2D eigenvalue weighted by atomic mass is 16.5. The van der Waals surface area contributed by atoms with Gasteiger partial charge in [0, 0.05) is 18.3 Å². The molecule has 1 aromatic heterocycles. The zero-order valence-electron chi connectivity index (χ0n) is 11.2. The van der Waals surface area contributed by atoms with Crippen LogP contribution in [0.3, 0.4) is 0 Å². The Morgan fingerprint density at radius 2 is 2.11 bits per heavy atom. The smallest absolute Gasteiger partial charge is 0.153 e. The average molecular weight is 260 g/mol. The van der Waals surface area contributed by atoms with Crippen LogP contribution in [0.5, 0.6) is 11.5 Å². The summed E-state index contributed by atoms with van der Waals surface area (Å²) >= 11 is 0. The summed E-state index contributed by atoms with van der Waals surface area (Å²) in [5.74, 6) is 1.35. The molecule has 5 nitrogen and oxygen atoms in total. The molecule has 2 aromatic rings. The lowest BCUT2D eigenvalue weighted by Crippen LogP contribution is -1.95. The second-order valence-electron chi connectivity index (χ2n) is 3.97. The Morgan fingerprint density at radius 3 is 2.68 bits per heavy atom. The lowest BCUT2D eigenvalue weighted by molar-refractivity contribution is 0.112. The van der Waals surface area contributed by atoms with Crippen molar-refractivity contribution in [2.24, 2.45) is 0 Å². The number of aryl methyl sites for hydroxylation is 1. The molecule has 0 amide bonds. The number of nitrogens with zero attached hydrogens (tertiary/aromatic N) is 2. The summed E-state index contributed by atoms with van der Waals surface area (Å²) < 4.78 is 12.2. The van der Waals surface area contributed by atoms with Crippen molar-refractivity contribution in [3.05, 3.63) is 30.0 Å². The van der Waals surface area contributed by atoms with E-state index in [0.717, 1.165) is 11.8 Å². The molecule has 0 spiro atoms. The second kappa shape index (κ2) is 5.56. The number of benzene rings is 1. The maximum atomic E-state index is 11.2. The Hall–Kier alpha value is -2.30. The number of hydrogen-bond acceptors (Lipinski definition) is 4. The van der Waals surface area contributed by atoms with Crippen LogP contribution in [-0.4, -0.2) is 30.3 Å². The number of aldehydes is 1. The largest absolute Gasteiger partial charge is 0.497 e. The van der Waals surface area contributed by atoms with Gasteiger partial charge in [-0.05, 0) is 25.1 Å². The molecular formula is C14H16N2O3. The Balaban J connectivity index is 2.61. The number of ether oxygens (including phenoxy) is 2.